The van der Waals surface area contributed by atoms with E-state index in [1.807, 2.05) is 0 Å². The highest BCUT2D eigenvalue weighted by Crippen LogP contribution is 2.23. The summed E-state index contributed by atoms with van der Waals surface area (Å²) in [5, 5.41) is 0.557. The smallest absolute Gasteiger partial charge is 0.255 e. The van der Waals surface area contributed by atoms with Crippen LogP contribution in [0.1, 0.15) is 10.4 Å². The lowest BCUT2D eigenvalue weighted by Gasteiger charge is -2.36. The second-order valence-corrected chi connectivity index (χ2v) is 6.44. The van der Waals surface area contributed by atoms with Gasteiger partial charge < -0.3 is 9.80 Å². The van der Waals surface area contributed by atoms with Gasteiger partial charge in [0.25, 0.3) is 5.91 Å². The predicted molar refractivity (Wildman–Crippen MR) is 96.2 cm³/mol. The number of piperazine rings is 1. The topological polar surface area (TPSA) is 36.4 Å². The third-order valence-corrected chi connectivity index (χ3v) is 4.71. The van der Waals surface area contributed by atoms with Crippen LogP contribution in [0.4, 0.5) is 18.9 Å². The maximum Gasteiger partial charge on any atom is 0.255 e. The molecule has 1 aliphatic heterocycles. The number of hydrogen-bond donors (Lipinski definition) is 0. The molecule has 1 fully saturated rings. The summed E-state index contributed by atoms with van der Waals surface area (Å²) in [6, 6.07) is 9.17. The first kappa shape index (κ1) is 17.3. The Morgan fingerprint density at radius 2 is 1.59 bits per heavy atom. The van der Waals surface area contributed by atoms with E-state index in [-0.39, 0.29) is 17.4 Å². The molecule has 1 amide bonds. The quantitative estimate of drug-likeness (QED) is 0.691. The Hall–Kier alpha value is -3.09. The van der Waals surface area contributed by atoms with E-state index in [9.17, 15) is 18.0 Å². The molecule has 2 aromatic carbocycles. The fraction of sp³-hybridized carbons (Fsp3) is 0.200. The van der Waals surface area contributed by atoms with E-state index in [2.05, 4.69) is 4.98 Å². The van der Waals surface area contributed by atoms with Gasteiger partial charge in [-0.15, -0.1) is 0 Å². The average molecular weight is 371 g/mol. The van der Waals surface area contributed by atoms with E-state index >= 15 is 0 Å². The summed E-state index contributed by atoms with van der Waals surface area (Å²) in [6.45, 7) is 1.52. The summed E-state index contributed by atoms with van der Waals surface area (Å²) < 4.78 is 40.7. The number of hydrogen-bond acceptors (Lipinski definition) is 3. The van der Waals surface area contributed by atoms with Gasteiger partial charge in [-0.2, -0.15) is 0 Å². The van der Waals surface area contributed by atoms with Gasteiger partial charge in [0.15, 0.2) is 0 Å². The monoisotopic (exact) mass is 371 g/mol. The Morgan fingerprint density at radius 1 is 0.889 bits per heavy atom. The van der Waals surface area contributed by atoms with E-state index in [4.69, 9.17) is 0 Å². The van der Waals surface area contributed by atoms with Gasteiger partial charge in [-0.25, -0.2) is 13.2 Å². The molecule has 0 atom stereocenters. The Labute approximate surface area is 153 Å². The summed E-state index contributed by atoms with van der Waals surface area (Å²) in [5.41, 5.74) is 1.18. The molecule has 4 nitrogen and oxygen atoms in total. The van der Waals surface area contributed by atoms with Crippen molar-refractivity contribution in [3.05, 3.63) is 71.7 Å². The summed E-state index contributed by atoms with van der Waals surface area (Å²) in [5.74, 6) is -1.59. The number of halogens is 3. The van der Waals surface area contributed by atoms with E-state index < -0.39 is 11.6 Å². The second kappa shape index (κ2) is 6.90. The minimum atomic E-state index is -0.501. The molecule has 0 bridgehead atoms. The molecule has 1 saturated heterocycles. The standard InChI is InChI=1S/C20H16F3N3O/c21-15-2-4-18-13(10-15)9-14(12-24-18)20(27)26-7-5-25(6-8-26)19-11-16(22)1-3-17(19)23/h1-4,9-12H,5-8H2. The molecule has 138 valence electrons. The van der Waals surface area contributed by atoms with Crippen LogP contribution >= 0.6 is 0 Å². The summed E-state index contributed by atoms with van der Waals surface area (Å²) >= 11 is 0. The molecular weight excluding hydrogens is 355 g/mol. The number of carbonyl (C=O) groups is 1. The molecule has 7 heteroatoms. The minimum absolute atomic E-state index is 0.199. The zero-order valence-electron chi connectivity index (χ0n) is 14.3. The van der Waals surface area contributed by atoms with Crippen molar-refractivity contribution in [2.45, 2.75) is 0 Å². The molecule has 0 radical (unpaired) electrons. The molecule has 0 N–H and O–H groups in total. The molecule has 0 saturated carbocycles. The third-order valence-electron chi connectivity index (χ3n) is 4.71. The van der Waals surface area contributed by atoms with Crippen molar-refractivity contribution in [3.8, 4) is 0 Å². The normalized spacial score (nSPS) is 14.6. The number of rotatable bonds is 2. The summed E-state index contributed by atoms with van der Waals surface area (Å²) in [6.07, 6.45) is 1.47. The van der Waals surface area contributed by atoms with Crippen LogP contribution in [-0.2, 0) is 0 Å². The van der Waals surface area contributed by atoms with Crippen LogP contribution in [0.2, 0.25) is 0 Å². The van der Waals surface area contributed by atoms with E-state index in [0.717, 1.165) is 18.2 Å². The van der Waals surface area contributed by atoms with Crippen LogP contribution in [0.15, 0.2) is 48.7 Å². The van der Waals surface area contributed by atoms with Crippen LogP contribution in [0.5, 0.6) is 0 Å². The molecule has 1 aromatic heterocycles. The SMILES string of the molecule is O=C(c1cnc2ccc(F)cc2c1)N1CCN(c2cc(F)ccc2F)CC1. The van der Waals surface area contributed by atoms with Gasteiger partial charge in [-0.05, 0) is 36.4 Å². The lowest BCUT2D eigenvalue weighted by Crippen LogP contribution is -2.49. The first-order valence-corrected chi connectivity index (χ1v) is 8.56. The highest BCUT2D eigenvalue weighted by Gasteiger charge is 2.24. The number of benzene rings is 2. The van der Waals surface area contributed by atoms with E-state index in [1.54, 1.807) is 21.9 Å². The first-order valence-electron chi connectivity index (χ1n) is 8.56. The maximum atomic E-state index is 13.9. The molecule has 27 heavy (non-hydrogen) atoms. The fourth-order valence-corrected chi connectivity index (χ4v) is 3.28. The van der Waals surface area contributed by atoms with Gasteiger partial charge in [-0.1, -0.05) is 0 Å². The summed E-state index contributed by atoms with van der Waals surface area (Å²) in [7, 11) is 0. The second-order valence-electron chi connectivity index (χ2n) is 6.44. The maximum absolute atomic E-state index is 13.9. The van der Waals surface area contributed by atoms with Gasteiger partial charge in [0, 0.05) is 43.8 Å². The lowest BCUT2D eigenvalue weighted by molar-refractivity contribution is 0.0746. The highest BCUT2D eigenvalue weighted by molar-refractivity contribution is 5.97. The first-order chi connectivity index (χ1) is 13.0. The van der Waals surface area contributed by atoms with Crippen LogP contribution in [0.25, 0.3) is 10.9 Å². The van der Waals surface area contributed by atoms with Crippen molar-refractivity contribution in [3.63, 3.8) is 0 Å². The fourth-order valence-electron chi connectivity index (χ4n) is 3.28. The molecule has 0 aliphatic carbocycles. The van der Waals surface area contributed by atoms with Gasteiger partial charge in [0.05, 0.1) is 16.8 Å². The van der Waals surface area contributed by atoms with Gasteiger partial charge in [-0.3, -0.25) is 9.78 Å². The molecule has 0 unspecified atom stereocenters. The molecule has 0 spiro atoms. The highest BCUT2D eigenvalue weighted by atomic mass is 19.1. The van der Waals surface area contributed by atoms with Crippen molar-refractivity contribution in [2.75, 3.05) is 31.1 Å². The molecular formula is C20H16F3N3O. The molecule has 3 aromatic rings. The van der Waals surface area contributed by atoms with Crippen molar-refractivity contribution >= 4 is 22.5 Å². The van der Waals surface area contributed by atoms with Crippen LogP contribution in [0, 0.1) is 17.5 Å². The minimum Gasteiger partial charge on any atom is -0.366 e. The predicted octanol–water partition coefficient (Wildman–Crippen LogP) is 3.61. The lowest BCUT2D eigenvalue weighted by atomic mass is 10.1. The van der Waals surface area contributed by atoms with Crippen LogP contribution < -0.4 is 4.90 Å². The summed E-state index contributed by atoms with van der Waals surface area (Å²) in [4.78, 5) is 20.3. The molecule has 2 heterocycles. The largest absolute Gasteiger partial charge is 0.366 e. The number of anilines is 1. The van der Waals surface area contributed by atoms with Crippen molar-refractivity contribution in [1.29, 1.82) is 0 Å². The van der Waals surface area contributed by atoms with Gasteiger partial charge in [0.1, 0.15) is 17.5 Å². The molecule has 1 aliphatic rings. The van der Waals surface area contributed by atoms with E-state index in [0.29, 0.717) is 42.6 Å². The number of carbonyl (C=O) groups excluding carboxylic acids is 1. The van der Waals surface area contributed by atoms with Gasteiger partial charge in [0.2, 0.25) is 0 Å². The average Bonchev–Trinajstić information content (AvgIpc) is 2.69. The number of aromatic nitrogens is 1. The van der Waals surface area contributed by atoms with Crippen molar-refractivity contribution < 1.29 is 18.0 Å². The zero-order valence-corrected chi connectivity index (χ0v) is 14.3. The Morgan fingerprint density at radius 3 is 2.37 bits per heavy atom. The van der Waals surface area contributed by atoms with E-state index in [1.165, 1.54) is 18.3 Å². The van der Waals surface area contributed by atoms with Crippen LogP contribution in [0.3, 0.4) is 0 Å². The third kappa shape index (κ3) is 3.45. The van der Waals surface area contributed by atoms with Crippen LogP contribution in [-0.4, -0.2) is 42.0 Å². The zero-order chi connectivity index (χ0) is 19.0. The number of amides is 1. The Balaban J connectivity index is 1.49. The number of pyridine rings is 1. The van der Waals surface area contributed by atoms with Gasteiger partial charge >= 0.3 is 0 Å². The Kier molecular flexibility index (Phi) is 4.43. The Bertz CT molecular complexity index is 1020. The number of nitrogens with zero attached hydrogens (tertiary/aromatic N) is 3. The van der Waals surface area contributed by atoms with Crippen molar-refractivity contribution in [2.24, 2.45) is 0 Å². The molecule has 4 rings (SSSR count). The van der Waals surface area contributed by atoms with Crippen molar-refractivity contribution in [1.82, 2.24) is 9.88 Å². The number of fused-ring (bicyclic) bond motifs is 1.